The van der Waals surface area contributed by atoms with Crippen molar-refractivity contribution < 1.29 is 28.6 Å². The molecule has 0 spiro atoms. The lowest BCUT2D eigenvalue weighted by atomic mass is 10.1. The van der Waals surface area contributed by atoms with Crippen molar-refractivity contribution in [3.63, 3.8) is 0 Å². The molecule has 0 N–H and O–H groups in total. The van der Waals surface area contributed by atoms with Crippen LogP contribution in [0.25, 0.3) is 0 Å². The Morgan fingerprint density at radius 2 is 0.561 bits per heavy atom. The van der Waals surface area contributed by atoms with E-state index in [2.05, 4.69) is 69.4 Å². The molecule has 0 saturated carbocycles. The average Bonchev–Trinajstić information content (AvgIpc) is 3.31. The third kappa shape index (κ3) is 52.3. The van der Waals surface area contributed by atoms with Gasteiger partial charge in [0.25, 0.3) is 0 Å². The van der Waals surface area contributed by atoms with E-state index in [9.17, 15) is 14.4 Å². The highest BCUT2D eigenvalue weighted by molar-refractivity contribution is 5.71. The van der Waals surface area contributed by atoms with Crippen LogP contribution < -0.4 is 0 Å². The summed E-state index contributed by atoms with van der Waals surface area (Å²) < 4.78 is 16.8. The third-order valence-corrected chi connectivity index (χ3v) is 12.6. The molecule has 0 aromatic rings. The first-order valence-electron chi connectivity index (χ1n) is 28.7. The maximum Gasteiger partial charge on any atom is 0.306 e. The van der Waals surface area contributed by atoms with Gasteiger partial charge in [-0.2, -0.15) is 0 Å². The molecule has 0 aliphatic carbocycles. The molecule has 0 heterocycles. The van der Waals surface area contributed by atoms with Gasteiger partial charge in [-0.25, -0.2) is 0 Å². The molecule has 0 amide bonds. The summed E-state index contributed by atoms with van der Waals surface area (Å²) in [5, 5.41) is 0. The van der Waals surface area contributed by atoms with Crippen LogP contribution in [0.2, 0.25) is 0 Å². The molecular formula is C60H108O6. The second-order valence-electron chi connectivity index (χ2n) is 19.2. The lowest BCUT2D eigenvalue weighted by molar-refractivity contribution is -0.167. The summed E-state index contributed by atoms with van der Waals surface area (Å²) in [4.78, 5) is 38.1. The summed E-state index contributed by atoms with van der Waals surface area (Å²) in [7, 11) is 0. The molecule has 0 aromatic heterocycles. The van der Waals surface area contributed by atoms with Crippen molar-refractivity contribution >= 4 is 17.9 Å². The van der Waals surface area contributed by atoms with Crippen LogP contribution >= 0.6 is 0 Å². The molecule has 6 nitrogen and oxygen atoms in total. The lowest BCUT2D eigenvalue weighted by Gasteiger charge is -2.18. The smallest absolute Gasteiger partial charge is 0.306 e. The van der Waals surface area contributed by atoms with Crippen LogP contribution in [0.1, 0.15) is 297 Å². The normalized spacial score (nSPS) is 12.3. The van der Waals surface area contributed by atoms with E-state index in [1.54, 1.807) is 0 Å². The first kappa shape index (κ1) is 63.4. The first-order chi connectivity index (χ1) is 32.5. The van der Waals surface area contributed by atoms with Crippen molar-refractivity contribution in [1.29, 1.82) is 0 Å². The Morgan fingerprint density at radius 1 is 0.303 bits per heavy atom. The SMILES string of the molecule is CCCC/C=C\CCCCCCCC(=O)OCC(COC(=O)CCCCCCCCCCCC/C=C\C=C/CCCCC)OC(=O)CCCCCCC/C=C\CCCCCCCCCCC. The lowest BCUT2D eigenvalue weighted by Crippen LogP contribution is -2.30. The van der Waals surface area contributed by atoms with Crippen LogP contribution in [0, 0.1) is 0 Å². The van der Waals surface area contributed by atoms with Gasteiger partial charge in [-0.15, -0.1) is 0 Å². The molecule has 0 aromatic carbocycles. The predicted molar refractivity (Wildman–Crippen MR) is 284 cm³/mol. The Morgan fingerprint density at radius 3 is 0.924 bits per heavy atom. The first-order valence-corrected chi connectivity index (χ1v) is 28.7. The summed E-state index contributed by atoms with van der Waals surface area (Å²) in [6.45, 7) is 6.58. The summed E-state index contributed by atoms with van der Waals surface area (Å²) in [5.41, 5.74) is 0. The molecule has 1 unspecified atom stereocenters. The summed E-state index contributed by atoms with van der Waals surface area (Å²) in [6.07, 6.45) is 66.7. The Hall–Kier alpha value is -2.63. The van der Waals surface area contributed by atoms with Gasteiger partial charge in [-0.05, 0) is 89.9 Å². The zero-order valence-corrected chi connectivity index (χ0v) is 44.0. The fourth-order valence-corrected chi connectivity index (χ4v) is 8.17. The Labute approximate surface area is 409 Å². The topological polar surface area (TPSA) is 78.9 Å². The van der Waals surface area contributed by atoms with Crippen molar-refractivity contribution in [3.05, 3.63) is 48.6 Å². The van der Waals surface area contributed by atoms with E-state index in [0.717, 1.165) is 70.6 Å². The number of hydrogen-bond acceptors (Lipinski definition) is 6. The van der Waals surface area contributed by atoms with Crippen molar-refractivity contribution in [2.45, 2.75) is 303 Å². The van der Waals surface area contributed by atoms with Crippen LogP contribution in [0.15, 0.2) is 48.6 Å². The minimum Gasteiger partial charge on any atom is -0.462 e. The van der Waals surface area contributed by atoms with Gasteiger partial charge >= 0.3 is 17.9 Å². The van der Waals surface area contributed by atoms with E-state index in [0.29, 0.717) is 19.3 Å². The highest BCUT2D eigenvalue weighted by atomic mass is 16.6. The highest BCUT2D eigenvalue weighted by Crippen LogP contribution is 2.16. The molecule has 1 atom stereocenters. The van der Waals surface area contributed by atoms with E-state index >= 15 is 0 Å². The molecular weight excluding hydrogens is 817 g/mol. The second kappa shape index (κ2) is 55.0. The maximum atomic E-state index is 12.8. The number of rotatable bonds is 52. The van der Waals surface area contributed by atoms with Gasteiger partial charge in [-0.3, -0.25) is 14.4 Å². The van der Waals surface area contributed by atoms with E-state index < -0.39 is 6.10 Å². The van der Waals surface area contributed by atoms with Gasteiger partial charge in [0.05, 0.1) is 0 Å². The number of ether oxygens (including phenoxy) is 3. The van der Waals surface area contributed by atoms with Crippen LogP contribution in [-0.2, 0) is 28.6 Å². The Bertz CT molecular complexity index is 1150. The number of allylic oxidation sites excluding steroid dienone is 8. The largest absolute Gasteiger partial charge is 0.462 e. The zero-order valence-electron chi connectivity index (χ0n) is 44.0. The fraction of sp³-hybridized carbons (Fsp3) is 0.817. The Kier molecular flexibility index (Phi) is 52.8. The number of carbonyl (C=O) groups is 3. The van der Waals surface area contributed by atoms with Gasteiger partial charge in [0.2, 0.25) is 0 Å². The van der Waals surface area contributed by atoms with E-state index in [4.69, 9.17) is 14.2 Å². The van der Waals surface area contributed by atoms with E-state index in [1.165, 1.54) is 186 Å². The highest BCUT2D eigenvalue weighted by Gasteiger charge is 2.19. The van der Waals surface area contributed by atoms with Crippen LogP contribution in [-0.4, -0.2) is 37.2 Å². The zero-order chi connectivity index (χ0) is 47.9. The molecule has 0 saturated heterocycles. The predicted octanol–water partition coefficient (Wildman–Crippen LogP) is 19.0. The minimum atomic E-state index is -0.781. The molecule has 0 fully saturated rings. The van der Waals surface area contributed by atoms with Crippen LogP contribution in [0.3, 0.4) is 0 Å². The van der Waals surface area contributed by atoms with Crippen molar-refractivity contribution in [2.24, 2.45) is 0 Å². The Balaban J connectivity index is 4.33. The van der Waals surface area contributed by atoms with Gasteiger partial charge < -0.3 is 14.2 Å². The number of unbranched alkanes of at least 4 members (excludes halogenated alkanes) is 34. The summed E-state index contributed by atoms with van der Waals surface area (Å²) in [6, 6.07) is 0. The van der Waals surface area contributed by atoms with Gasteiger partial charge in [0.1, 0.15) is 13.2 Å². The minimum absolute atomic E-state index is 0.0795. The molecule has 384 valence electrons. The standard InChI is InChI=1S/C60H108O6/c1-4-7-10-13-16-19-22-24-26-28-30-32-33-35-38-41-44-47-50-53-59(62)65-56-57(55-64-58(61)52-49-46-43-40-37-21-18-15-12-9-6-3)66-60(63)54-51-48-45-42-39-36-34-31-29-27-25-23-20-17-14-11-8-5-2/h15-16,18-19,22,24,31,34,57H,4-14,17,20-21,23,25-30,32-33,35-56H2,1-3H3/b18-15-,19-16-,24-22-,34-31-. The van der Waals surface area contributed by atoms with Crippen LogP contribution in [0.4, 0.5) is 0 Å². The molecule has 0 radical (unpaired) electrons. The molecule has 0 rings (SSSR count). The van der Waals surface area contributed by atoms with Crippen LogP contribution in [0.5, 0.6) is 0 Å². The van der Waals surface area contributed by atoms with Gasteiger partial charge in [0, 0.05) is 19.3 Å². The monoisotopic (exact) mass is 925 g/mol. The number of esters is 3. The van der Waals surface area contributed by atoms with E-state index in [1.807, 2.05) is 0 Å². The fourth-order valence-electron chi connectivity index (χ4n) is 8.17. The second-order valence-corrected chi connectivity index (χ2v) is 19.2. The molecule has 66 heavy (non-hydrogen) atoms. The summed E-state index contributed by atoms with van der Waals surface area (Å²) >= 11 is 0. The molecule has 0 aliphatic heterocycles. The van der Waals surface area contributed by atoms with Crippen molar-refractivity contribution in [1.82, 2.24) is 0 Å². The molecule has 0 bridgehead atoms. The molecule has 0 aliphatic rings. The average molecular weight is 926 g/mol. The number of carbonyl (C=O) groups excluding carboxylic acids is 3. The summed E-state index contributed by atoms with van der Waals surface area (Å²) in [5.74, 6) is -0.890. The quantitative estimate of drug-likeness (QED) is 0.0199. The van der Waals surface area contributed by atoms with Crippen molar-refractivity contribution in [3.8, 4) is 0 Å². The van der Waals surface area contributed by atoms with Gasteiger partial charge in [-0.1, -0.05) is 236 Å². The van der Waals surface area contributed by atoms with Gasteiger partial charge in [0.15, 0.2) is 6.10 Å². The third-order valence-electron chi connectivity index (χ3n) is 12.6. The van der Waals surface area contributed by atoms with E-state index in [-0.39, 0.29) is 31.1 Å². The number of hydrogen-bond donors (Lipinski definition) is 0. The van der Waals surface area contributed by atoms with Crippen molar-refractivity contribution in [2.75, 3.05) is 13.2 Å². The maximum absolute atomic E-state index is 12.8. The molecule has 6 heteroatoms.